The molecule has 0 bridgehead atoms. The van der Waals surface area contributed by atoms with E-state index in [1.807, 2.05) is 67.6 Å². The number of ether oxygens (including phenoxy) is 1. The largest absolute Gasteiger partial charge is 0.494 e. The van der Waals surface area contributed by atoms with E-state index in [-0.39, 0.29) is 5.78 Å². The number of hydrogen-bond donors (Lipinski definition) is 0. The lowest BCUT2D eigenvalue weighted by Gasteiger charge is -2.11. The van der Waals surface area contributed by atoms with E-state index in [4.69, 9.17) is 9.72 Å². The zero-order valence-electron chi connectivity index (χ0n) is 16.6. The number of benzene rings is 3. The quantitative estimate of drug-likeness (QED) is 0.256. The van der Waals surface area contributed by atoms with Gasteiger partial charge in [0.25, 0.3) is 0 Å². The van der Waals surface area contributed by atoms with Gasteiger partial charge in [0, 0.05) is 16.7 Å². The normalized spacial score (nSPS) is 11.0. The summed E-state index contributed by atoms with van der Waals surface area (Å²) in [6, 6.07) is 21.5. The summed E-state index contributed by atoms with van der Waals surface area (Å²) >= 11 is 1.60. The van der Waals surface area contributed by atoms with Crippen molar-refractivity contribution >= 4 is 27.3 Å². The van der Waals surface area contributed by atoms with Gasteiger partial charge in [-0.15, -0.1) is 11.3 Å². The fourth-order valence-corrected chi connectivity index (χ4v) is 4.17. The van der Waals surface area contributed by atoms with Crippen LogP contribution in [0.2, 0.25) is 0 Å². The van der Waals surface area contributed by atoms with Crippen molar-refractivity contribution in [2.75, 3.05) is 6.61 Å². The summed E-state index contributed by atoms with van der Waals surface area (Å²) in [5.41, 5.74) is 4.22. The van der Waals surface area contributed by atoms with Crippen molar-refractivity contribution in [3.05, 3.63) is 83.4 Å². The standard InChI is InChI=1S/C25H23NO2S/c1-3-4-15-28-19-13-14-20(25-26-22-7-5-6-8-23(22)29-25)21(16-19)24(27)18-11-9-17(2)10-12-18/h5-14,16H,3-4,15H2,1-2H3. The molecule has 29 heavy (non-hydrogen) atoms. The van der Waals surface area contributed by atoms with Crippen LogP contribution in [0.25, 0.3) is 20.8 Å². The lowest BCUT2D eigenvalue weighted by atomic mass is 9.97. The van der Waals surface area contributed by atoms with Crippen LogP contribution in [0.15, 0.2) is 66.7 Å². The molecule has 4 heteroatoms. The van der Waals surface area contributed by atoms with Gasteiger partial charge >= 0.3 is 0 Å². The number of aryl methyl sites for hydroxylation is 1. The summed E-state index contributed by atoms with van der Waals surface area (Å²) in [6.45, 7) is 4.80. The van der Waals surface area contributed by atoms with Crippen molar-refractivity contribution in [1.82, 2.24) is 4.98 Å². The highest BCUT2D eigenvalue weighted by Gasteiger charge is 2.19. The number of unbranched alkanes of at least 4 members (excludes halogenated alkanes) is 1. The van der Waals surface area contributed by atoms with Crippen LogP contribution < -0.4 is 4.74 Å². The zero-order chi connectivity index (χ0) is 20.2. The Morgan fingerprint density at radius 2 is 1.83 bits per heavy atom. The van der Waals surface area contributed by atoms with Crippen molar-refractivity contribution in [3.63, 3.8) is 0 Å². The number of fused-ring (bicyclic) bond motifs is 1. The molecule has 0 N–H and O–H groups in total. The third kappa shape index (κ3) is 4.22. The van der Waals surface area contributed by atoms with E-state index in [1.54, 1.807) is 11.3 Å². The van der Waals surface area contributed by atoms with Crippen LogP contribution >= 0.6 is 11.3 Å². The highest BCUT2D eigenvalue weighted by Crippen LogP contribution is 2.35. The molecule has 0 amide bonds. The predicted octanol–water partition coefficient (Wildman–Crippen LogP) is 6.68. The van der Waals surface area contributed by atoms with Gasteiger partial charge in [-0.1, -0.05) is 55.3 Å². The second kappa shape index (κ2) is 8.58. The first-order chi connectivity index (χ1) is 14.2. The molecule has 146 valence electrons. The van der Waals surface area contributed by atoms with E-state index in [0.717, 1.165) is 44.9 Å². The lowest BCUT2D eigenvalue weighted by molar-refractivity contribution is 0.103. The molecular weight excluding hydrogens is 378 g/mol. The van der Waals surface area contributed by atoms with E-state index >= 15 is 0 Å². The summed E-state index contributed by atoms with van der Waals surface area (Å²) in [6.07, 6.45) is 2.06. The third-order valence-electron chi connectivity index (χ3n) is 4.84. The van der Waals surface area contributed by atoms with E-state index in [1.165, 1.54) is 0 Å². The monoisotopic (exact) mass is 401 g/mol. The highest BCUT2D eigenvalue weighted by atomic mass is 32.1. The number of thiazole rings is 1. The van der Waals surface area contributed by atoms with Gasteiger partial charge in [0.15, 0.2) is 5.78 Å². The Morgan fingerprint density at radius 1 is 1.03 bits per heavy atom. The fourth-order valence-electron chi connectivity index (χ4n) is 3.17. The highest BCUT2D eigenvalue weighted by molar-refractivity contribution is 7.21. The zero-order valence-corrected chi connectivity index (χ0v) is 17.5. The average molecular weight is 402 g/mol. The van der Waals surface area contributed by atoms with Crippen molar-refractivity contribution in [3.8, 4) is 16.3 Å². The first-order valence-electron chi connectivity index (χ1n) is 9.90. The Morgan fingerprint density at radius 3 is 2.59 bits per heavy atom. The van der Waals surface area contributed by atoms with Crippen LogP contribution in [0.5, 0.6) is 5.75 Å². The third-order valence-corrected chi connectivity index (χ3v) is 5.91. The summed E-state index contributed by atoms with van der Waals surface area (Å²) in [4.78, 5) is 18.1. The number of hydrogen-bond acceptors (Lipinski definition) is 4. The maximum atomic E-state index is 13.4. The molecule has 3 aromatic carbocycles. The van der Waals surface area contributed by atoms with Crippen LogP contribution in [0.4, 0.5) is 0 Å². The molecular formula is C25H23NO2S. The van der Waals surface area contributed by atoms with Gasteiger partial charge < -0.3 is 4.74 Å². The van der Waals surface area contributed by atoms with Crippen LogP contribution in [0.3, 0.4) is 0 Å². The van der Waals surface area contributed by atoms with Crippen molar-refractivity contribution in [2.45, 2.75) is 26.7 Å². The summed E-state index contributed by atoms with van der Waals surface area (Å²) < 4.78 is 6.98. The van der Waals surface area contributed by atoms with E-state index in [9.17, 15) is 4.79 Å². The SMILES string of the molecule is CCCCOc1ccc(-c2nc3ccccc3s2)c(C(=O)c2ccc(C)cc2)c1. The second-order valence-electron chi connectivity index (χ2n) is 7.09. The molecule has 0 fully saturated rings. The van der Waals surface area contributed by atoms with Gasteiger partial charge in [-0.3, -0.25) is 4.79 Å². The molecule has 0 radical (unpaired) electrons. The molecule has 1 heterocycles. The van der Waals surface area contributed by atoms with Gasteiger partial charge in [0.2, 0.25) is 0 Å². The van der Waals surface area contributed by atoms with E-state index in [2.05, 4.69) is 13.0 Å². The first kappa shape index (κ1) is 19.3. The number of rotatable bonds is 7. The van der Waals surface area contributed by atoms with Crippen LogP contribution in [0, 0.1) is 6.92 Å². The lowest BCUT2D eigenvalue weighted by Crippen LogP contribution is -2.05. The second-order valence-corrected chi connectivity index (χ2v) is 8.12. The molecule has 4 rings (SSSR count). The Balaban J connectivity index is 1.78. The Labute approximate surface area is 175 Å². The molecule has 0 unspecified atom stereocenters. The number of aromatic nitrogens is 1. The van der Waals surface area contributed by atoms with Gasteiger partial charge in [-0.2, -0.15) is 0 Å². The molecule has 0 saturated heterocycles. The Hall–Kier alpha value is -2.98. The van der Waals surface area contributed by atoms with E-state index in [0.29, 0.717) is 17.7 Å². The average Bonchev–Trinajstić information content (AvgIpc) is 3.18. The topological polar surface area (TPSA) is 39.2 Å². The summed E-state index contributed by atoms with van der Waals surface area (Å²) in [7, 11) is 0. The molecule has 4 aromatic rings. The number of ketones is 1. The molecule has 0 aliphatic carbocycles. The Bertz CT molecular complexity index is 1110. The van der Waals surface area contributed by atoms with Gasteiger partial charge in [0.1, 0.15) is 10.8 Å². The van der Waals surface area contributed by atoms with Crippen molar-refractivity contribution in [1.29, 1.82) is 0 Å². The van der Waals surface area contributed by atoms with Crippen molar-refractivity contribution in [2.24, 2.45) is 0 Å². The molecule has 3 nitrogen and oxygen atoms in total. The minimum Gasteiger partial charge on any atom is -0.494 e. The summed E-state index contributed by atoms with van der Waals surface area (Å²) in [5.74, 6) is 0.707. The minimum atomic E-state index is -0.0137. The maximum absolute atomic E-state index is 13.4. The number of carbonyl (C=O) groups is 1. The number of para-hydroxylation sites is 1. The van der Waals surface area contributed by atoms with Gasteiger partial charge in [-0.25, -0.2) is 4.98 Å². The van der Waals surface area contributed by atoms with Crippen LogP contribution in [-0.4, -0.2) is 17.4 Å². The smallest absolute Gasteiger partial charge is 0.193 e. The Kier molecular flexibility index (Phi) is 5.72. The molecule has 0 atom stereocenters. The van der Waals surface area contributed by atoms with Gasteiger partial charge in [-0.05, 0) is 43.7 Å². The van der Waals surface area contributed by atoms with E-state index < -0.39 is 0 Å². The number of nitrogens with zero attached hydrogens (tertiary/aromatic N) is 1. The molecule has 1 aromatic heterocycles. The first-order valence-corrected chi connectivity index (χ1v) is 10.7. The molecule has 0 aliphatic rings. The molecule has 0 aliphatic heterocycles. The fraction of sp³-hybridized carbons (Fsp3) is 0.200. The van der Waals surface area contributed by atoms with Crippen LogP contribution in [0.1, 0.15) is 41.3 Å². The van der Waals surface area contributed by atoms with Crippen molar-refractivity contribution < 1.29 is 9.53 Å². The maximum Gasteiger partial charge on any atom is 0.193 e. The minimum absolute atomic E-state index is 0.0137. The van der Waals surface area contributed by atoms with Crippen LogP contribution in [-0.2, 0) is 0 Å². The van der Waals surface area contributed by atoms with Gasteiger partial charge in [0.05, 0.1) is 16.8 Å². The number of carbonyl (C=O) groups excluding carboxylic acids is 1. The molecule has 0 saturated carbocycles. The summed E-state index contributed by atoms with van der Waals surface area (Å²) in [5, 5.41) is 0.849. The predicted molar refractivity (Wildman–Crippen MR) is 120 cm³/mol. The molecule has 0 spiro atoms.